The van der Waals surface area contributed by atoms with Crippen LogP contribution in [0.3, 0.4) is 0 Å². The van der Waals surface area contributed by atoms with E-state index in [0.29, 0.717) is 32.6 Å². The molecule has 0 spiro atoms. The minimum atomic E-state index is -3.57. The number of hydrogen-bond donors (Lipinski definition) is 2. The molecular formula is C16H27N5O3S. The quantitative estimate of drug-likeness (QED) is 0.790. The lowest BCUT2D eigenvalue weighted by atomic mass is 10.1. The number of amides is 2. The molecule has 140 valence electrons. The van der Waals surface area contributed by atoms with Crippen molar-refractivity contribution in [2.45, 2.75) is 56.0 Å². The van der Waals surface area contributed by atoms with Gasteiger partial charge in [-0.2, -0.15) is 4.31 Å². The third kappa shape index (κ3) is 4.52. The van der Waals surface area contributed by atoms with Crippen LogP contribution < -0.4 is 5.32 Å². The molecule has 1 aromatic rings. The summed E-state index contributed by atoms with van der Waals surface area (Å²) in [6.07, 6.45) is 10.2. The summed E-state index contributed by atoms with van der Waals surface area (Å²) in [6.45, 7) is 1.70. The van der Waals surface area contributed by atoms with Crippen LogP contribution >= 0.6 is 0 Å². The molecule has 2 amide bonds. The standard InChI is InChI=1S/C16H27N5O3S/c22-16(19-14-6-3-1-2-4-7-14)20-8-5-9-21(11-10-20)25(23,24)15-12-17-13-18-15/h12-14H,1-11H2,(H,17,18)(H,19,22). The number of nitrogens with zero attached hydrogens (tertiary/aromatic N) is 3. The molecule has 9 heteroatoms. The molecule has 0 aromatic carbocycles. The summed E-state index contributed by atoms with van der Waals surface area (Å²) in [4.78, 5) is 20.7. The SMILES string of the molecule is O=C(NC1CCCCCC1)N1CCCN(S(=O)(=O)c2cnc[nH]2)CC1. The number of urea groups is 1. The highest BCUT2D eigenvalue weighted by Gasteiger charge is 2.29. The molecule has 2 heterocycles. The van der Waals surface area contributed by atoms with Crippen LogP contribution in [0.1, 0.15) is 44.9 Å². The molecule has 25 heavy (non-hydrogen) atoms. The molecule has 0 radical (unpaired) electrons. The number of carbonyl (C=O) groups excluding carboxylic acids is 1. The summed E-state index contributed by atoms with van der Waals surface area (Å²) in [5.41, 5.74) is 0. The van der Waals surface area contributed by atoms with Gasteiger partial charge in [0.05, 0.1) is 12.5 Å². The smallest absolute Gasteiger partial charge is 0.317 e. The zero-order valence-electron chi connectivity index (χ0n) is 14.5. The summed E-state index contributed by atoms with van der Waals surface area (Å²) < 4.78 is 26.6. The Balaban J connectivity index is 1.57. The van der Waals surface area contributed by atoms with Crippen molar-refractivity contribution in [3.63, 3.8) is 0 Å². The van der Waals surface area contributed by atoms with Crippen molar-refractivity contribution in [3.8, 4) is 0 Å². The predicted octanol–water partition coefficient (Wildman–Crippen LogP) is 1.54. The van der Waals surface area contributed by atoms with Crippen LogP contribution in [0.4, 0.5) is 4.79 Å². The molecule has 2 aliphatic rings. The van der Waals surface area contributed by atoms with Crippen LogP contribution in [0.15, 0.2) is 17.6 Å². The van der Waals surface area contributed by atoms with E-state index in [1.807, 2.05) is 0 Å². The maximum atomic E-state index is 12.6. The Morgan fingerprint density at radius 1 is 1.08 bits per heavy atom. The molecule has 2 N–H and O–H groups in total. The van der Waals surface area contributed by atoms with Crippen LogP contribution in [-0.4, -0.2) is 65.8 Å². The Labute approximate surface area is 149 Å². The van der Waals surface area contributed by atoms with Crippen LogP contribution in [0.25, 0.3) is 0 Å². The van der Waals surface area contributed by atoms with Crippen LogP contribution in [0, 0.1) is 0 Å². The first-order valence-electron chi connectivity index (χ1n) is 9.11. The zero-order valence-corrected chi connectivity index (χ0v) is 15.3. The molecule has 1 aromatic heterocycles. The van der Waals surface area contributed by atoms with Gasteiger partial charge in [0.25, 0.3) is 10.0 Å². The largest absolute Gasteiger partial charge is 0.335 e. The lowest BCUT2D eigenvalue weighted by Gasteiger charge is -2.25. The summed E-state index contributed by atoms with van der Waals surface area (Å²) >= 11 is 0. The Morgan fingerprint density at radius 2 is 1.84 bits per heavy atom. The van der Waals surface area contributed by atoms with Crippen molar-refractivity contribution in [3.05, 3.63) is 12.5 Å². The normalized spacial score (nSPS) is 21.5. The van der Waals surface area contributed by atoms with Crippen molar-refractivity contribution in [2.24, 2.45) is 0 Å². The average molecular weight is 369 g/mol. The predicted molar refractivity (Wildman–Crippen MR) is 93.6 cm³/mol. The van der Waals surface area contributed by atoms with E-state index in [2.05, 4.69) is 15.3 Å². The number of aromatic amines is 1. The number of aromatic nitrogens is 2. The highest BCUT2D eigenvalue weighted by molar-refractivity contribution is 7.89. The van der Waals surface area contributed by atoms with Gasteiger partial charge in [0.1, 0.15) is 0 Å². The molecule has 1 saturated carbocycles. The molecule has 2 fully saturated rings. The van der Waals surface area contributed by atoms with E-state index in [1.54, 1.807) is 4.90 Å². The third-order valence-corrected chi connectivity index (χ3v) is 6.84. The number of hydrogen-bond acceptors (Lipinski definition) is 4. The summed E-state index contributed by atoms with van der Waals surface area (Å²) in [5.74, 6) is 0. The number of carbonyl (C=O) groups is 1. The average Bonchev–Trinajstić information content (AvgIpc) is 2.86. The Kier molecular flexibility index (Phi) is 5.95. The van der Waals surface area contributed by atoms with Gasteiger partial charge < -0.3 is 15.2 Å². The first-order valence-corrected chi connectivity index (χ1v) is 10.6. The second kappa shape index (κ2) is 8.18. The summed E-state index contributed by atoms with van der Waals surface area (Å²) in [5, 5.41) is 3.24. The van der Waals surface area contributed by atoms with Crippen molar-refractivity contribution in [1.29, 1.82) is 0 Å². The minimum Gasteiger partial charge on any atom is -0.335 e. The van der Waals surface area contributed by atoms with Crippen molar-refractivity contribution in [1.82, 2.24) is 24.5 Å². The second-order valence-corrected chi connectivity index (χ2v) is 8.70. The maximum absolute atomic E-state index is 12.6. The molecule has 8 nitrogen and oxygen atoms in total. The Hall–Kier alpha value is -1.61. The van der Waals surface area contributed by atoms with Gasteiger partial charge in [-0.05, 0) is 19.3 Å². The van der Waals surface area contributed by atoms with E-state index in [0.717, 1.165) is 12.8 Å². The lowest BCUT2D eigenvalue weighted by Crippen LogP contribution is -2.46. The van der Waals surface area contributed by atoms with E-state index in [4.69, 9.17) is 0 Å². The fourth-order valence-electron chi connectivity index (χ4n) is 3.55. The van der Waals surface area contributed by atoms with Gasteiger partial charge in [-0.1, -0.05) is 25.7 Å². The van der Waals surface area contributed by atoms with Gasteiger partial charge in [-0.15, -0.1) is 0 Å². The van der Waals surface area contributed by atoms with Crippen LogP contribution in [-0.2, 0) is 10.0 Å². The summed E-state index contributed by atoms with van der Waals surface area (Å²) in [6, 6.07) is 0.191. The molecule has 0 atom stereocenters. The van der Waals surface area contributed by atoms with Gasteiger partial charge in [-0.3, -0.25) is 0 Å². The lowest BCUT2D eigenvalue weighted by molar-refractivity contribution is 0.195. The molecule has 1 aliphatic carbocycles. The van der Waals surface area contributed by atoms with Crippen molar-refractivity contribution < 1.29 is 13.2 Å². The molecule has 0 bridgehead atoms. The molecule has 3 rings (SSSR count). The van der Waals surface area contributed by atoms with Gasteiger partial charge in [0.2, 0.25) is 0 Å². The van der Waals surface area contributed by atoms with Gasteiger partial charge >= 0.3 is 6.03 Å². The van der Waals surface area contributed by atoms with Crippen LogP contribution in [0.5, 0.6) is 0 Å². The maximum Gasteiger partial charge on any atom is 0.317 e. The number of imidazole rings is 1. The minimum absolute atomic E-state index is 0.0623. The number of sulfonamides is 1. The second-order valence-electron chi connectivity index (χ2n) is 6.80. The Morgan fingerprint density at radius 3 is 2.52 bits per heavy atom. The molecule has 1 aliphatic heterocycles. The Bertz CT molecular complexity index is 653. The van der Waals surface area contributed by atoms with Crippen molar-refractivity contribution >= 4 is 16.1 Å². The molecule has 1 saturated heterocycles. The topological polar surface area (TPSA) is 98.4 Å². The fourth-order valence-corrected chi connectivity index (χ4v) is 4.92. The van der Waals surface area contributed by atoms with Crippen molar-refractivity contribution in [2.75, 3.05) is 26.2 Å². The number of H-pyrrole nitrogens is 1. The molecule has 0 unspecified atom stereocenters. The first-order chi connectivity index (χ1) is 12.1. The summed E-state index contributed by atoms with van der Waals surface area (Å²) in [7, 11) is -3.57. The fraction of sp³-hybridized carbons (Fsp3) is 0.750. The number of nitrogens with one attached hydrogen (secondary N) is 2. The van der Waals surface area contributed by atoms with E-state index in [9.17, 15) is 13.2 Å². The van der Waals surface area contributed by atoms with E-state index >= 15 is 0 Å². The highest BCUT2D eigenvalue weighted by Crippen LogP contribution is 2.18. The number of rotatable bonds is 3. The highest BCUT2D eigenvalue weighted by atomic mass is 32.2. The van der Waals surface area contributed by atoms with E-state index < -0.39 is 10.0 Å². The molecular weight excluding hydrogens is 342 g/mol. The van der Waals surface area contributed by atoms with Gasteiger partial charge in [0, 0.05) is 32.2 Å². The zero-order chi connectivity index (χ0) is 17.7. The van der Waals surface area contributed by atoms with Gasteiger partial charge in [-0.25, -0.2) is 18.2 Å². The van der Waals surface area contributed by atoms with E-state index in [-0.39, 0.29) is 17.1 Å². The van der Waals surface area contributed by atoms with Gasteiger partial charge in [0.15, 0.2) is 5.03 Å². The monoisotopic (exact) mass is 369 g/mol. The third-order valence-electron chi connectivity index (χ3n) is 5.02. The first kappa shape index (κ1) is 18.2. The van der Waals surface area contributed by atoms with E-state index in [1.165, 1.54) is 42.5 Å². The van der Waals surface area contributed by atoms with Crippen LogP contribution in [0.2, 0.25) is 0 Å².